The molecule has 0 saturated carbocycles. The van der Waals surface area contributed by atoms with Crippen molar-refractivity contribution in [2.45, 2.75) is 72.8 Å². The van der Waals surface area contributed by atoms with Crippen molar-refractivity contribution >= 4 is 0 Å². The number of allylic oxidation sites excluding steroid dienone is 3. The van der Waals surface area contributed by atoms with Crippen molar-refractivity contribution in [3.63, 3.8) is 0 Å². The summed E-state index contributed by atoms with van der Waals surface area (Å²) in [6.45, 7) is 15.3. The van der Waals surface area contributed by atoms with Crippen LogP contribution in [0.25, 0.3) is 0 Å². The number of nitrogens with one attached hydrogen (secondary N) is 1. The zero-order chi connectivity index (χ0) is 16.4. The van der Waals surface area contributed by atoms with Crippen LogP contribution in [0.5, 0.6) is 0 Å². The molecule has 2 unspecified atom stereocenters. The standard InChI is InChI=1S/C16H26N2.2C2H6/c1-2-13-3-5-14(6-4-13)12-18-10-8-15-11-17-9-7-16(15)18;2*1-2/h3,5,15-17H,2,4,6-12H2,1H3;2*1-2H3. The number of fused-ring (bicyclic) bond motifs is 1. The SMILES string of the molecule is CC.CC.CCC1=CC=C(CN2CCC3CNCCC32)CC1. The lowest BCUT2D eigenvalue weighted by Crippen LogP contribution is -2.44. The van der Waals surface area contributed by atoms with E-state index >= 15 is 0 Å². The second kappa shape index (κ2) is 11.0. The van der Waals surface area contributed by atoms with Gasteiger partial charge >= 0.3 is 0 Å². The number of hydrogen-bond acceptors (Lipinski definition) is 2. The lowest BCUT2D eigenvalue weighted by atomic mass is 9.93. The summed E-state index contributed by atoms with van der Waals surface area (Å²) in [6.07, 6.45) is 11.3. The predicted octanol–water partition coefficient (Wildman–Crippen LogP) is 4.78. The van der Waals surface area contributed by atoms with Crippen LogP contribution in [0.15, 0.2) is 23.3 Å². The highest BCUT2D eigenvalue weighted by atomic mass is 15.2. The summed E-state index contributed by atoms with van der Waals surface area (Å²) in [5, 5.41) is 3.54. The molecule has 3 aliphatic rings. The third kappa shape index (κ3) is 5.24. The van der Waals surface area contributed by atoms with Crippen molar-refractivity contribution in [3.05, 3.63) is 23.3 Å². The van der Waals surface area contributed by atoms with Gasteiger partial charge in [0, 0.05) is 12.6 Å². The van der Waals surface area contributed by atoms with E-state index in [4.69, 9.17) is 0 Å². The van der Waals surface area contributed by atoms with Crippen LogP contribution in [0.3, 0.4) is 0 Å². The summed E-state index contributed by atoms with van der Waals surface area (Å²) in [5.41, 5.74) is 3.28. The van der Waals surface area contributed by atoms with E-state index in [1.807, 2.05) is 27.7 Å². The van der Waals surface area contributed by atoms with Gasteiger partial charge in [-0.3, -0.25) is 4.90 Å². The normalized spacial score (nSPS) is 27.5. The Kier molecular flexibility index (Phi) is 9.74. The van der Waals surface area contributed by atoms with E-state index in [-0.39, 0.29) is 0 Å². The molecule has 0 spiro atoms. The molecule has 3 rings (SSSR count). The maximum atomic E-state index is 3.54. The van der Waals surface area contributed by atoms with Crippen LogP contribution in [0, 0.1) is 5.92 Å². The van der Waals surface area contributed by atoms with Crippen LogP contribution < -0.4 is 5.32 Å². The highest BCUT2D eigenvalue weighted by Crippen LogP contribution is 2.30. The molecular formula is C20H38N2. The highest BCUT2D eigenvalue weighted by Gasteiger charge is 2.35. The minimum atomic E-state index is 0.865. The highest BCUT2D eigenvalue weighted by molar-refractivity contribution is 5.25. The molecule has 22 heavy (non-hydrogen) atoms. The van der Waals surface area contributed by atoms with Gasteiger partial charge in [-0.05, 0) is 57.7 Å². The first-order chi connectivity index (χ1) is 10.9. The van der Waals surface area contributed by atoms with Crippen LogP contribution in [0.2, 0.25) is 0 Å². The summed E-state index contributed by atoms with van der Waals surface area (Å²) in [5.74, 6) is 0.921. The molecule has 2 nitrogen and oxygen atoms in total. The zero-order valence-corrected chi connectivity index (χ0v) is 15.6. The number of hydrogen-bond donors (Lipinski definition) is 1. The Morgan fingerprint density at radius 2 is 1.73 bits per heavy atom. The summed E-state index contributed by atoms with van der Waals surface area (Å²) < 4.78 is 0. The van der Waals surface area contributed by atoms with Crippen LogP contribution >= 0.6 is 0 Å². The van der Waals surface area contributed by atoms with E-state index in [1.54, 1.807) is 11.1 Å². The van der Waals surface area contributed by atoms with E-state index in [2.05, 4.69) is 29.3 Å². The minimum absolute atomic E-state index is 0.865. The molecule has 0 amide bonds. The Morgan fingerprint density at radius 1 is 1.05 bits per heavy atom. The van der Waals surface area contributed by atoms with Gasteiger partial charge in [-0.15, -0.1) is 0 Å². The van der Waals surface area contributed by atoms with Gasteiger partial charge in [-0.25, -0.2) is 0 Å². The summed E-state index contributed by atoms with van der Waals surface area (Å²) >= 11 is 0. The van der Waals surface area contributed by atoms with E-state index in [0.29, 0.717) is 0 Å². The molecule has 2 heterocycles. The first-order valence-corrected chi connectivity index (χ1v) is 9.69. The molecule has 2 atom stereocenters. The molecule has 2 fully saturated rings. The van der Waals surface area contributed by atoms with E-state index < -0.39 is 0 Å². The molecule has 2 heteroatoms. The van der Waals surface area contributed by atoms with Gasteiger partial charge < -0.3 is 5.32 Å². The summed E-state index contributed by atoms with van der Waals surface area (Å²) in [4.78, 5) is 2.75. The van der Waals surface area contributed by atoms with Crippen molar-refractivity contribution in [3.8, 4) is 0 Å². The number of rotatable bonds is 3. The van der Waals surface area contributed by atoms with Gasteiger partial charge in [0.15, 0.2) is 0 Å². The first-order valence-electron chi connectivity index (χ1n) is 9.69. The average Bonchev–Trinajstić information content (AvgIpc) is 3.02. The number of nitrogens with zero attached hydrogens (tertiary/aromatic N) is 1. The molecule has 2 saturated heterocycles. The van der Waals surface area contributed by atoms with E-state index in [0.717, 1.165) is 12.0 Å². The Morgan fingerprint density at radius 3 is 2.36 bits per heavy atom. The van der Waals surface area contributed by atoms with Crippen molar-refractivity contribution in [1.82, 2.24) is 10.2 Å². The second-order valence-corrected chi connectivity index (χ2v) is 6.08. The van der Waals surface area contributed by atoms with Gasteiger partial charge in [0.1, 0.15) is 0 Å². The zero-order valence-electron chi connectivity index (χ0n) is 15.6. The molecule has 128 valence electrons. The van der Waals surface area contributed by atoms with Gasteiger partial charge in [-0.1, -0.05) is 57.9 Å². The largest absolute Gasteiger partial charge is 0.316 e. The number of piperidine rings is 1. The molecule has 2 aliphatic heterocycles. The third-order valence-electron chi connectivity index (χ3n) is 5.01. The Balaban J connectivity index is 0.000000561. The molecule has 1 aliphatic carbocycles. The van der Waals surface area contributed by atoms with Crippen LogP contribution in [-0.2, 0) is 0 Å². The van der Waals surface area contributed by atoms with E-state index in [1.165, 1.54) is 58.3 Å². The van der Waals surface area contributed by atoms with Gasteiger partial charge in [-0.2, -0.15) is 0 Å². The molecule has 1 N–H and O–H groups in total. The van der Waals surface area contributed by atoms with Crippen LogP contribution in [0.1, 0.15) is 66.7 Å². The second-order valence-electron chi connectivity index (χ2n) is 6.08. The van der Waals surface area contributed by atoms with Gasteiger partial charge in [0.2, 0.25) is 0 Å². The molecule has 0 radical (unpaired) electrons. The molecular weight excluding hydrogens is 268 g/mol. The average molecular weight is 307 g/mol. The monoisotopic (exact) mass is 306 g/mol. The summed E-state index contributed by atoms with van der Waals surface area (Å²) in [6, 6.07) is 0.865. The fraction of sp³-hybridized carbons (Fsp3) is 0.800. The third-order valence-corrected chi connectivity index (χ3v) is 5.01. The fourth-order valence-electron chi connectivity index (χ4n) is 3.79. The predicted molar refractivity (Wildman–Crippen MR) is 99.3 cm³/mol. The lowest BCUT2D eigenvalue weighted by molar-refractivity contribution is 0.203. The molecule has 0 aromatic carbocycles. The summed E-state index contributed by atoms with van der Waals surface area (Å²) in [7, 11) is 0. The van der Waals surface area contributed by atoms with Crippen molar-refractivity contribution in [1.29, 1.82) is 0 Å². The van der Waals surface area contributed by atoms with E-state index in [9.17, 15) is 0 Å². The fourth-order valence-corrected chi connectivity index (χ4v) is 3.79. The lowest BCUT2D eigenvalue weighted by Gasteiger charge is -2.33. The van der Waals surface area contributed by atoms with Gasteiger partial charge in [0.25, 0.3) is 0 Å². The Labute approximate surface area is 139 Å². The number of likely N-dealkylation sites (tertiary alicyclic amines) is 1. The molecule has 0 aromatic heterocycles. The van der Waals surface area contributed by atoms with Crippen molar-refractivity contribution in [2.75, 3.05) is 26.2 Å². The minimum Gasteiger partial charge on any atom is -0.316 e. The Hall–Kier alpha value is -0.600. The molecule has 0 aromatic rings. The van der Waals surface area contributed by atoms with Crippen LogP contribution in [0.4, 0.5) is 0 Å². The quantitative estimate of drug-likeness (QED) is 0.807. The molecule has 0 bridgehead atoms. The smallest absolute Gasteiger partial charge is 0.0199 e. The Bertz CT molecular complexity index is 357. The maximum Gasteiger partial charge on any atom is 0.0199 e. The van der Waals surface area contributed by atoms with Gasteiger partial charge in [0.05, 0.1) is 0 Å². The topological polar surface area (TPSA) is 15.3 Å². The van der Waals surface area contributed by atoms with Crippen molar-refractivity contribution in [2.24, 2.45) is 5.92 Å². The van der Waals surface area contributed by atoms with Crippen LogP contribution in [-0.4, -0.2) is 37.1 Å². The first kappa shape index (κ1) is 19.4. The maximum absolute atomic E-state index is 3.54. The van der Waals surface area contributed by atoms with Crippen molar-refractivity contribution < 1.29 is 0 Å².